The Morgan fingerprint density at radius 1 is 1.43 bits per heavy atom. The largest absolute Gasteiger partial charge is 0.362 e. The molecule has 3 rings (SSSR count). The number of hydrogen-bond acceptors (Lipinski definition) is 5. The molecule has 0 spiro atoms. The third-order valence-electron chi connectivity index (χ3n) is 3.89. The summed E-state index contributed by atoms with van der Waals surface area (Å²) in [5, 5.41) is 15.3. The molecular formula is C15H15BrN4O3. The maximum Gasteiger partial charge on any atom is 0.282 e. The van der Waals surface area contributed by atoms with Gasteiger partial charge in [0.15, 0.2) is 0 Å². The number of hydrogen-bond donors (Lipinski definition) is 0. The average molecular weight is 379 g/mol. The van der Waals surface area contributed by atoms with Gasteiger partial charge in [0.1, 0.15) is 4.47 Å². The summed E-state index contributed by atoms with van der Waals surface area (Å²) in [4.78, 5) is 24.9. The molecule has 1 aliphatic rings. The lowest BCUT2D eigenvalue weighted by atomic mass is 10.1. The number of benzene rings is 1. The molecule has 0 radical (unpaired) electrons. The molecule has 120 valence electrons. The Bertz CT molecular complexity index is 817. The predicted octanol–water partition coefficient (Wildman–Crippen LogP) is 2.62. The SMILES string of the molecule is Cn1ncc(N(Cc2ccccc2[N+](=O)[O-])C2CC2)c(Br)c1=O. The molecule has 1 aromatic carbocycles. The summed E-state index contributed by atoms with van der Waals surface area (Å²) in [5.74, 6) is 0. The first-order valence-corrected chi connectivity index (χ1v) is 7.99. The van der Waals surface area contributed by atoms with E-state index in [0.29, 0.717) is 22.3 Å². The van der Waals surface area contributed by atoms with Crippen molar-refractivity contribution in [3.63, 3.8) is 0 Å². The van der Waals surface area contributed by atoms with Gasteiger partial charge in [0.2, 0.25) is 0 Å². The first kappa shape index (κ1) is 15.7. The van der Waals surface area contributed by atoms with E-state index in [2.05, 4.69) is 21.0 Å². The van der Waals surface area contributed by atoms with Crippen molar-refractivity contribution in [1.29, 1.82) is 0 Å². The van der Waals surface area contributed by atoms with Crippen LogP contribution in [0.15, 0.2) is 39.7 Å². The summed E-state index contributed by atoms with van der Waals surface area (Å²) in [6, 6.07) is 6.96. The van der Waals surface area contributed by atoms with Crippen LogP contribution in [0.4, 0.5) is 11.4 Å². The Morgan fingerprint density at radius 3 is 2.78 bits per heavy atom. The lowest BCUT2D eigenvalue weighted by Crippen LogP contribution is -2.30. The fourth-order valence-electron chi connectivity index (χ4n) is 2.51. The van der Waals surface area contributed by atoms with Crippen LogP contribution in [-0.2, 0) is 13.6 Å². The van der Waals surface area contributed by atoms with E-state index in [1.807, 2.05) is 4.90 Å². The van der Waals surface area contributed by atoms with Gasteiger partial charge in [0, 0.05) is 24.7 Å². The molecule has 1 saturated carbocycles. The highest BCUT2D eigenvalue weighted by Gasteiger charge is 2.32. The Balaban J connectivity index is 2.00. The second-order valence-corrected chi connectivity index (χ2v) is 6.31. The number of anilines is 1. The molecule has 0 saturated heterocycles. The molecular weight excluding hydrogens is 364 g/mol. The molecule has 1 aromatic heterocycles. The van der Waals surface area contributed by atoms with E-state index in [1.165, 1.54) is 10.7 Å². The maximum absolute atomic E-state index is 12.1. The Morgan fingerprint density at radius 2 is 2.13 bits per heavy atom. The molecule has 23 heavy (non-hydrogen) atoms. The van der Waals surface area contributed by atoms with Crippen molar-refractivity contribution in [2.45, 2.75) is 25.4 Å². The summed E-state index contributed by atoms with van der Waals surface area (Å²) < 4.78 is 1.68. The van der Waals surface area contributed by atoms with Crippen LogP contribution in [0.3, 0.4) is 0 Å². The number of aromatic nitrogens is 2. The monoisotopic (exact) mass is 378 g/mol. The molecule has 0 aliphatic heterocycles. The topological polar surface area (TPSA) is 81.3 Å². The van der Waals surface area contributed by atoms with Crippen LogP contribution in [0.1, 0.15) is 18.4 Å². The molecule has 7 nitrogen and oxygen atoms in total. The molecule has 1 heterocycles. The number of para-hydroxylation sites is 1. The summed E-state index contributed by atoms with van der Waals surface area (Å²) in [6.45, 7) is 0.370. The number of rotatable bonds is 5. The average Bonchev–Trinajstić information content (AvgIpc) is 3.36. The van der Waals surface area contributed by atoms with E-state index < -0.39 is 0 Å². The Labute approximate surface area is 140 Å². The molecule has 1 aliphatic carbocycles. The number of nitro benzene ring substituents is 1. The maximum atomic E-state index is 12.1. The minimum Gasteiger partial charge on any atom is -0.362 e. The molecule has 0 N–H and O–H groups in total. The van der Waals surface area contributed by atoms with Gasteiger partial charge in [-0.1, -0.05) is 18.2 Å². The summed E-state index contributed by atoms with van der Waals surface area (Å²) in [6.07, 6.45) is 3.63. The predicted molar refractivity (Wildman–Crippen MR) is 89.5 cm³/mol. The van der Waals surface area contributed by atoms with Gasteiger partial charge in [-0.05, 0) is 28.8 Å². The molecule has 1 fully saturated rings. The van der Waals surface area contributed by atoms with E-state index in [-0.39, 0.29) is 22.2 Å². The van der Waals surface area contributed by atoms with Crippen LogP contribution < -0.4 is 10.5 Å². The standard InChI is InChI=1S/C15H15BrN4O3/c1-18-15(21)14(16)13(8-17-18)19(11-6-7-11)9-10-4-2-3-5-12(10)20(22)23/h2-5,8,11H,6-7,9H2,1H3. The fourth-order valence-corrected chi connectivity index (χ4v) is 3.09. The van der Waals surface area contributed by atoms with Crippen molar-refractivity contribution in [1.82, 2.24) is 9.78 Å². The van der Waals surface area contributed by atoms with Crippen LogP contribution in [0, 0.1) is 10.1 Å². The van der Waals surface area contributed by atoms with Crippen molar-refractivity contribution in [3.05, 3.63) is 61.0 Å². The van der Waals surface area contributed by atoms with Gasteiger partial charge in [-0.2, -0.15) is 5.10 Å². The van der Waals surface area contributed by atoms with Crippen molar-refractivity contribution < 1.29 is 4.92 Å². The van der Waals surface area contributed by atoms with Gasteiger partial charge in [-0.3, -0.25) is 14.9 Å². The highest BCUT2D eigenvalue weighted by Crippen LogP contribution is 2.36. The number of nitrogens with zero attached hydrogens (tertiary/aromatic N) is 4. The van der Waals surface area contributed by atoms with E-state index in [4.69, 9.17) is 0 Å². The highest BCUT2D eigenvalue weighted by molar-refractivity contribution is 9.10. The van der Waals surface area contributed by atoms with E-state index in [0.717, 1.165) is 12.8 Å². The quantitative estimate of drug-likeness (QED) is 0.589. The van der Waals surface area contributed by atoms with Crippen molar-refractivity contribution in [2.75, 3.05) is 4.90 Å². The van der Waals surface area contributed by atoms with Gasteiger partial charge < -0.3 is 4.90 Å². The van der Waals surface area contributed by atoms with Crippen LogP contribution in [0.25, 0.3) is 0 Å². The van der Waals surface area contributed by atoms with Crippen LogP contribution in [0.5, 0.6) is 0 Å². The smallest absolute Gasteiger partial charge is 0.282 e. The van der Waals surface area contributed by atoms with Crippen LogP contribution in [-0.4, -0.2) is 20.7 Å². The van der Waals surface area contributed by atoms with Crippen LogP contribution >= 0.6 is 15.9 Å². The lowest BCUT2D eigenvalue weighted by molar-refractivity contribution is -0.385. The van der Waals surface area contributed by atoms with Crippen molar-refractivity contribution in [3.8, 4) is 0 Å². The lowest BCUT2D eigenvalue weighted by Gasteiger charge is -2.25. The first-order chi connectivity index (χ1) is 11.0. The van der Waals surface area contributed by atoms with Gasteiger partial charge in [-0.25, -0.2) is 4.68 Å². The minimum absolute atomic E-state index is 0.0889. The highest BCUT2D eigenvalue weighted by atomic mass is 79.9. The Hall–Kier alpha value is -2.22. The minimum atomic E-state index is -0.377. The normalized spacial score (nSPS) is 13.8. The van der Waals surface area contributed by atoms with Gasteiger partial charge in [0.05, 0.1) is 23.4 Å². The molecule has 0 atom stereocenters. The molecule has 8 heteroatoms. The van der Waals surface area contributed by atoms with Gasteiger partial charge in [0.25, 0.3) is 11.2 Å². The van der Waals surface area contributed by atoms with E-state index >= 15 is 0 Å². The number of nitro groups is 1. The second kappa shape index (κ2) is 6.11. The summed E-state index contributed by atoms with van der Waals surface area (Å²) >= 11 is 3.34. The third kappa shape index (κ3) is 3.12. The van der Waals surface area contributed by atoms with Crippen molar-refractivity contribution in [2.24, 2.45) is 7.05 Å². The second-order valence-electron chi connectivity index (χ2n) is 5.52. The molecule has 0 unspecified atom stereocenters. The van der Waals surface area contributed by atoms with Crippen LogP contribution in [0.2, 0.25) is 0 Å². The van der Waals surface area contributed by atoms with E-state index in [9.17, 15) is 14.9 Å². The Kier molecular flexibility index (Phi) is 4.16. The van der Waals surface area contributed by atoms with Gasteiger partial charge in [-0.15, -0.1) is 0 Å². The summed E-state index contributed by atoms with van der Waals surface area (Å²) in [5.41, 5.74) is 1.16. The fraction of sp³-hybridized carbons (Fsp3) is 0.333. The number of halogens is 1. The third-order valence-corrected chi connectivity index (χ3v) is 4.63. The molecule has 0 bridgehead atoms. The number of aryl methyl sites for hydroxylation is 1. The first-order valence-electron chi connectivity index (χ1n) is 7.19. The summed E-state index contributed by atoms with van der Waals surface area (Å²) in [7, 11) is 1.58. The van der Waals surface area contributed by atoms with Gasteiger partial charge >= 0.3 is 0 Å². The zero-order chi connectivity index (χ0) is 16.6. The molecule has 0 amide bonds. The zero-order valence-corrected chi connectivity index (χ0v) is 14.1. The van der Waals surface area contributed by atoms with E-state index in [1.54, 1.807) is 31.4 Å². The van der Waals surface area contributed by atoms with Crippen molar-refractivity contribution >= 4 is 27.3 Å². The zero-order valence-electron chi connectivity index (χ0n) is 12.5. The molecule has 2 aromatic rings.